The Labute approximate surface area is 110 Å². The minimum absolute atomic E-state index is 0.0934. The number of aliphatic carboxylic acids is 1. The van der Waals surface area contributed by atoms with Gasteiger partial charge in [0, 0.05) is 4.88 Å². The highest BCUT2D eigenvalue weighted by Crippen LogP contribution is 2.07. The van der Waals surface area contributed by atoms with E-state index >= 15 is 0 Å². The average Bonchev–Trinajstić information content (AvgIpc) is 2.79. The summed E-state index contributed by atoms with van der Waals surface area (Å²) in [6.45, 7) is 2.38. The molecule has 0 aliphatic rings. The Morgan fingerprint density at radius 3 is 2.78 bits per heavy atom. The van der Waals surface area contributed by atoms with Crippen LogP contribution in [0.2, 0.25) is 0 Å². The fourth-order valence-electron chi connectivity index (χ4n) is 1.67. The number of likely N-dealkylation sites (N-methyl/N-ethyl adjacent to an activating group) is 1. The topological polar surface area (TPSA) is 69.6 Å². The molecule has 0 aromatic carbocycles. The lowest BCUT2D eigenvalue weighted by molar-refractivity contribution is -0.143. The lowest BCUT2D eigenvalue weighted by Crippen LogP contribution is -2.43. The van der Waals surface area contributed by atoms with Crippen LogP contribution in [0.5, 0.6) is 0 Å². The Balaban J connectivity index is 2.37. The molecule has 100 valence electrons. The monoisotopic (exact) mass is 270 g/mol. The van der Waals surface area contributed by atoms with Crippen molar-refractivity contribution in [1.82, 2.24) is 10.2 Å². The van der Waals surface area contributed by atoms with E-state index in [1.807, 2.05) is 17.5 Å². The highest BCUT2D eigenvalue weighted by molar-refractivity contribution is 7.09. The van der Waals surface area contributed by atoms with Gasteiger partial charge in [0.1, 0.15) is 6.04 Å². The second-order valence-electron chi connectivity index (χ2n) is 4.03. The first kappa shape index (κ1) is 14.7. The third kappa shape index (κ3) is 4.46. The molecular formula is C12H18N2O3S. The molecule has 0 saturated carbocycles. The molecule has 5 nitrogen and oxygen atoms in total. The number of hydrogen-bond donors (Lipinski definition) is 2. The summed E-state index contributed by atoms with van der Waals surface area (Å²) in [5, 5.41) is 13.7. The van der Waals surface area contributed by atoms with Crippen LogP contribution in [0, 0.1) is 0 Å². The smallest absolute Gasteiger partial charge is 0.320 e. The molecule has 18 heavy (non-hydrogen) atoms. The number of nitrogens with zero attached hydrogens (tertiary/aromatic N) is 1. The summed E-state index contributed by atoms with van der Waals surface area (Å²) >= 11 is 1.58. The zero-order chi connectivity index (χ0) is 13.5. The molecular weight excluding hydrogens is 252 g/mol. The molecule has 0 saturated heterocycles. The molecule has 1 rings (SSSR count). The van der Waals surface area contributed by atoms with Crippen LogP contribution in [0.3, 0.4) is 0 Å². The van der Waals surface area contributed by atoms with Gasteiger partial charge in [-0.15, -0.1) is 11.3 Å². The fourth-order valence-corrected chi connectivity index (χ4v) is 2.31. The zero-order valence-electron chi connectivity index (χ0n) is 10.5. The Morgan fingerprint density at radius 1 is 1.56 bits per heavy atom. The van der Waals surface area contributed by atoms with Gasteiger partial charge in [0.15, 0.2) is 0 Å². The summed E-state index contributed by atoms with van der Waals surface area (Å²) in [5.41, 5.74) is 0. The van der Waals surface area contributed by atoms with Crippen LogP contribution in [0.4, 0.5) is 0 Å². The summed E-state index contributed by atoms with van der Waals surface area (Å²) in [5.74, 6) is -1.06. The van der Waals surface area contributed by atoms with Crippen LogP contribution in [0.15, 0.2) is 17.5 Å². The molecule has 1 atom stereocenters. The zero-order valence-corrected chi connectivity index (χ0v) is 11.4. The van der Waals surface area contributed by atoms with Crippen molar-refractivity contribution in [3.05, 3.63) is 22.4 Å². The van der Waals surface area contributed by atoms with E-state index in [1.54, 1.807) is 30.2 Å². The highest BCUT2D eigenvalue weighted by Gasteiger charge is 2.21. The van der Waals surface area contributed by atoms with Gasteiger partial charge in [-0.3, -0.25) is 14.5 Å². The lowest BCUT2D eigenvalue weighted by atomic mass is 10.2. The van der Waals surface area contributed by atoms with Crippen molar-refractivity contribution in [3.8, 4) is 0 Å². The maximum Gasteiger partial charge on any atom is 0.320 e. The molecule has 0 radical (unpaired) electrons. The molecule has 0 fully saturated rings. The van der Waals surface area contributed by atoms with Gasteiger partial charge < -0.3 is 10.4 Å². The van der Waals surface area contributed by atoms with Gasteiger partial charge in [-0.25, -0.2) is 0 Å². The molecule has 0 spiro atoms. The first-order valence-corrected chi connectivity index (χ1v) is 6.64. The van der Waals surface area contributed by atoms with Crippen LogP contribution < -0.4 is 5.32 Å². The third-order valence-corrected chi connectivity index (χ3v) is 3.51. The number of carbonyl (C=O) groups is 2. The van der Waals surface area contributed by atoms with Crippen molar-refractivity contribution in [1.29, 1.82) is 0 Å². The highest BCUT2D eigenvalue weighted by atomic mass is 32.1. The first-order chi connectivity index (χ1) is 8.54. The fraction of sp³-hybridized carbons (Fsp3) is 0.500. The van der Waals surface area contributed by atoms with Crippen LogP contribution in [-0.2, 0) is 16.1 Å². The molecule has 2 N–H and O–H groups in total. The van der Waals surface area contributed by atoms with Gasteiger partial charge in [0.25, 0.3) is 0 Å². The van der Waals surface area contributed by atoms with Gasteiger partial charge in [0.2, 0.25) is 5.91 Å². The van der Waals surface area contributed by atoms with Gasteiger partial charge >= 0.3 is 5.97 Å². The summed E-state index contributed by atoms with van der Waals surface area (Å²) in [7, 11) is 1.65. The minimum atomic E-state index is -0.897. The maximum absolute atomic E-state index is 11.7. The quantitative estimate of drug-likeness (QED) is 0.780. The predicted molar refractivity (Wildman–Crippen MR) is 70.5 cm³/mol. The van der Waals surface area contributed by atoms with E-state index in [0.29, 0.717) is 13.0 Å². The Kier molecular flexibility index (Phi) is 5.80. The van der Waals surface area contributed by atoms with Crippen molar-refractivity contribution in [2.24, 2.45) is 0 Å². The number of amides is 1. The van der Waals surface area contributed by atoms with E-state index in [0.717, 1.165) is 4.88 Å². The predicted octanol–water partition coefficient (Wildman–Crippen LogP) is 1.16. The molecule has 1 unspecified atom stereocenters. The van der Waals surface area contributed by atoms with Crippen molar-refractivity contribution >= 4 is 23.2 Å². The van der Waals surface area contributed by atoms with Gasteiger partial charge in [-0.2, -0.15) is 0 Å². The number of carboxylic acid groups (broad SMARTS) is 1. The van der Waals surface area contributed by atoms with Crippen molar-refractivity contribution < 1.29 is 14.7 Å². The summed E-state index contributed by atoms with van der Waals surface area (Å²) in [4.78, 5) is 25.2. The number of nitrogens with one attached hydrogen (secondary N) is 1. The Morgan fingerprint density at radius 2 is 2.28 bits per heavy atom. The molecule has 0 bridgehead atoms. The summed E-state index contributed by atoms with van der Waals surface area (Å²) in [6, 6.07) is 3.26. The van der Waals surface area contributed by atoms with E-state index in [1.165, 1.54) is 0 Å². The first-order valence-electron chi connectivity index (χ1n) is 5.76. The second-order valence-corrected chi connectivity index (χ2v) is 5.07. The van der Waals surface area contributed by atoms with E-state index in [-0.39, 0.29) is 12.5 Å². The van der Waals surface area contributed by atoms with Crippen LogP contribution in [-0.4, -0.2) is 41.5 Å². The van der Waals surface area contributed by atoms with Crippen LogP contribution >= 0.6 is 11.3 Å². The summed E-state index contributed by atoms with van der Waals surface area (Å²) in [6.07, 6.45) is 0.476. The van der Waals surface area contributed by atoms with Crippen molar-refractivity contribution in [2.75, 3.05) is 13.6 Å². The van der Waals surface area contributed by atoms with E-state index < -0.39 is 12.0 Å². The van der Waals surface area contributed by atoms with Crippen LogP contribution in [0.1, 0.15) is 18.2 Å². The summed E-state index contributed by atoms with van der Waals surface area (Å²) < 4.78 is 0. The van der Waals surface area contributed by atoms with E-state index in [9.17, 15) is 9.59 Å². The minimum Gasteiger partial charge on any atom is -0.480 e. The van der Waals surface area contributed by atoms with Crippen LogP contribution in [0.25, 0.3) is 0 Å². The normalized spacial score (nSPS) is 12.4. The number of hydrogen-bond acceptors (Lipinski definition) is 4. The standard InChI is InChI=1S/C12H18N2O3S/c1-3-10(12(16)17)14(2)8-11(15)13-7-9-5-4-6-18-9/h4-6,10H,3,7-8H2,1-2H3,(H,13,15)(H,16,17). The van der Waals surface area contributed by atoms with Gasteiger partial charge in [0.05, 0.1) is 13.1 Å². The Hall–Kier alpha value is -1.40. The number of carbonyl (C=O) groups excluding carboxylic acids is 1. The van der Waals surface area contributed by atoms with Gasteiger partial charge in [-0.1, -0.05) is 13.0 Å². The molecule has 0 aliphatic carbocycles. The Bertz CT molecular complexity index is 392. The van der Waals surface area contributed by atoms with Crippen molar-refractivity contribution in [3.63, 3.8) is 0 Å². The molecule has 1 heterocycles. The third-order valence-electron chi connectivity index (χ3n) is 2.64. The average molecular weight is 270 g/mol. The maximum atomic E-state index is 11.7. The number of rotatable bonds is 7. The molecule has 1 aromatic heterocycles. The largest absolute Gasteiger partial charge is 0.480 e. The van der Waals surface area contributed by atoms with E-state index in [4.69, 9.17) is 5.11 Å². The molecule has 1 amide bonds. The molecule has 6 heteroatoms. The SMILES string of the molecule is CCC(C(=O)O)N(C)CC(=O)NCc1cccs1. The van der Waals surface area contributed by atoms with Crippen molar-refractivity contribution in [2.45, 2.75) is 25.9 Å². The second kappa shape index (κ2) is 7.13. The number of carboxylic acids is 1. The van der Waals surface area contributed by atoms with Gasteiger partial charge in [-0.05, 0) is 24.9 Å². The molecule has 0 aliphatic heterocycles. The van der Waals surface area contributed by atoms with E-state index in [2.05, 4.69) is 5.32 Å². The molecule has 1 aromatic rings. The number of thiophene rings is 1. The lowest BCUT2D eigenvalue weighted by Gasteiger charge is -2.22.